The number of hydrogen-bond acceptors (Lipinski definition) is 2. The van der Waals surface area contributed by atoms with Crippen LogP contribution in [0.2, 0.25) is 0 Å². The van der Waals surface area contributed by atoms with Crippen LogP contribution in [0.25, 0.3) is 0 Å². The molecular weight excluding hydrogens is 204 g/mol. The van der Waals surface area contributed by atoms with Crippen LogP contribution < -0.4 is 5.32 Å². The Kier molecular flexibility index (Phi) is 3.41. The Labute approximate surface area is 94.9 Å². The normalized spacial score (nSPS) is 20.9. The number of rotatable bonds is 3. The number of nitrogens with zero attached hydrogens (tertiary/aromatic N) is 1. The van der Waals surface area contributed by atoms with Crippen molar-refractivity contribution in [3.8, 4) is 0 Å². The molecule has 1 aromatic rings. The zero-order chi connectivity index (χ0) is 11.4. The number of carboxylic acid groups (broad SMARTS) is 1. The van der Waals surface area contributed by atoms with E-state index < -0.39 is 6.09 Å². The van der Waals surface area contributed by atoms with E-state index in [0.717, 1.165) is 26.1 Å². The second-order valence-electron chi connectivity index (χ2n) is 4.16. The topological polar surface area (TPSA) is 52.6 Å². The van der Waals surface area contributed by atoms with Gasteiger partial charge >= 0.3 is 6.09 Å². The second kappa shape index (κ2) is 4.99. The van der Waals surface area contributed by atoms with Crippen LogP contribution >= 0.6 is 0 Å². The van der Waals surface area contributed by atoms with Gasteiger partial charge in [0.2, 0.25) is 0 Å². The van der Waals surface area contributed by atoms with Gasteiger partial charge in [-0.3, -0.25) is 4.90 Å². The monoisotopic (exact) mass is 220 g/mol. The van der Waals surface area contributed by atoms with Crippen molar-refractivity contribution in [3.05, 3.63) is 35.9 Å². The van der Waals surface area contributed by atoms with E-state index in [4.69, 9.17) is 5.11 Å². The maximum atomic E-state index is 10.5. The molecule has 0 spiro atoms. The number of likely N-dealkylation sites (tertiary alicyclic amines) is 1. The minimum absolute atomic E-state index is 0.0845. The van der Waals surface area contributed by atoms with Crippen LogP contribution in [-0.4, -0.2) is 35.2 Å². The van der Waals surface area contributed by atoms with Crippen molar-refractivity contribution < 1.29 is 9.90 Å². The Morgan fingerprint density at radius 2 is 2.19 bits per heavy atom. The van der Waals surface area contributed by atoms with Gasteiger partial charge < -0.3 is 10.4 Å². The molecular formula is C12H16N2O2. The summed E-state index contributed by atoms with van der Waals surface area (Å²) in [6.45, 7) is 2.67. The molecule has 4 nitrogen and oxygen atoms in total. The average Bonchev–Trinajstić information content (AvgIpc) is 2.66. The van der Waals surface area contributed by atoms with E-state index in [1.54, 1.807) is 0 Å². The van der Waals surface area contributed by atoms with E-state index in [9.17, 15) is 4.79 Å². The van der Waals surface area contributed by atoms with Gasteiger partial charge in [-0.1, -0.05) is 30.3 Å². The lowest BCUT2D eigenvalue weighted by Crippen LogP contribution is -2.35. The lowest BCUT2D eigenvalue weighted by molar-refractivity contribution is 0.189. The van der Waals surface area contributed by atoms with Gasteiger partial charge in [0.1, 0.15) is 0 Å². The third kappa shape index (κ3) is 2.97. The van der Waals surface area contributed by atoms with Crippen LogP contribution in [0.4, 0.5) is 4.79 Å². The molecule has 0 bridgehead atoms. The fourth-order valence-electron chi connectivity index (χ4n) is 2.11. The molecule has 86 valence electrons. The molecule has 1 saturated heterocycles. The van der Waals surface area contributed by atoms with Crippen molar-refractivity contribution in [2.45, 2.75) is 19.0 Å². The molecule has 0 saturated carbocycles. The Hall–Kier alpha value is -1.55. The lowest BCUT2D eigenvalue weighted by atomic mass is 10.2. The van der Waals surface area contributed by atoms with E-state index in [0.29, 0.717) is 0 Å². The van der Waals surface area contributed by atoms with Crippen molar-refractivity contribution >= 4 is 6.09 Å². The summed E-state index contributed by atoms with van der Waals surface area (Å²) in [5.74, 6) is 0. The predicted octanol–water partition coefficient (Wildman–Crippen LogP) is 1.53. The Bertz CT molecular complexity index is 353. The van der Waals surface area contributed by atoms with Gasteiger partial charge in [0.25, 0.3) is 0 Å². The summed E-state index contributed by atoms with van der Waals surface area (Å²) in [6.07, 6.45) is -0.0226. The van der Waals surface area contributed by atoms with Crippen molar-refractivity contribution in [2.24, 2.45) is 0 Å². The van der Waals surface area contributed by atoms with Gasteiger partial charge in [-0.2, -0.15) is 0 Å². The summed E-state index contributed by atoms with van der Waals surface area (Å²) >= 11 is 0. The molecule has 1 aromatic carbocycles. The number of nitrogens with one attached hydrogen (secondary N) is 1. The first-order valence-electron chi connectivity index (χ1n) is 5.50. The average molecular weight is 220 g/mol. The standard InChI is InChI=1S/C12H16N2O2/c15-12(16)13-11-6-7-14(9-11)8-10-4-2-1-3-5-10/h1-5,11,13H,6-9H2,(H,15,16)/t11-/m0/s1. The zero-order valence-electron chi connectivity index (χ0n) is 9.10. The molecule has 1 aliphatic heterocycles. The van der Waals surface area contributed by atoms with E-state index in [1.807, 2.05) is 18.2 Å². The van der Waals surface area contributed by atoms with E-state index >= 15 is 0 Å². The molecule has 1 atom stereocenters. The van der Waals surface area contributed by atoms with E-state index in [-0.39, 0.29) is 6.04 Å². The fourth-order valence-corrected chi connectivity index (χ4v) is 2.11. The minimum Gasteiger partial charge on any atom is -0.465 e. The first kappa shape index (κ1) is 11.0. The summed E-state index contributed by atoms with van der Waals surface area (Å²) in [5.41, 5.74) is 1.28. The Morgan fingerprint density at radius 3 is 2.88 bits per heavy atom. The summed E-state index contributed by atoms with van der Waals surface area (Å²) in [5, 5.41) is 11.2. The molecule has 0 aliphatic carbocycles. The molecule has 0 unspecified atom stereocenters. The molecule has 1 fully saturated rings. The number of amides is 1. The summed E-state index contributed by atoms with van der Waals surface area (Å²) in [4.78, 5) is 12.8. The highest BCUT2D eigenvalue weighted by molar-refractivity contribution is 5.64. The first-order valence-corrected chi connectivity index (χ1v) is 5.50. The SMILES string of the molecule is O=C(O)N[C@H]1CCN(Cc2ccccc2)C1. The maximum Gasteiger partial charge on any atom is 0.404 e. The molecule has 2 rings (SSSR count). The maximum absolute atomic E-state index is 10.5. The first-order chi connectivity index (χ1) is 7.74. The molecule has 2 N–H and O–H groups in total. The van der Waals surface area contributed by atoms with Gasteiger partial charge in [0, 0.05) is 25.7 Å². The highest BCUT2D eigenvalue weighted by Gasteiger charge is 2.23. The van der Waals surface area contributed by atoms with Gasteiger partial charge in [-0.25, -0.2) is 4.79 Å². The third-order valence-electron chi connectivity index (χ3n) is 2.85. The number of benzene rings is 1. The van der Waals surface area contributed by atoms with E-state index in [1.165, 1.54) is 5.56 Å². The van der Waals surface area contributed by atoms with Crippen LogP contribution in [-0.2, 0) is 6.54 Å². The predicted molar refractivity (Wildman–Crippen MR) is 61.3 cm³/mol. The van der Waals surface area contributed by atoms with Crippen LogP contribution in [0.15, 0.2) is 30.3 Å². The molecule has 1 amide bonds. The molecule has 0 aromatic heterocycles. The molecule has 1 heterocycles. The van der Waals surface area contributed by atoms with Crippen molar-refractivity contribution in [2.75, 3.05) is 13.1 Å². The summed E-state index contributed by atoms with van der Waals surface area (Å²) in [7, 11) is 0. The minimum atomic E-state index is -0.924. The van der Waals surface area contributed by atoms with Crippen molar-refractivity contribution in [1.82, 2.24) is 10.2 Å². The van der Waals surface area contributed by atoms with Crippen LogP contribution in [0, 0.1) is 0 Å². The zero-order valence-corrected chi connectivity index (χ0v) is 9.10. The quantitative estimate of drug-likeness (QED) is 0.812. The molecule has 1 aliphatic rings. The fraction of sp³-hybridized carbons (Fsp3) is 0.417. The molecule has 4 heteroatoms. The third-order valence-corrected chi connectivity index (χ3v) is 2.85. The smallest absolute Gasteiger partial charge is 0.404 e. The Balaban J connectivity index is 1.83. The van der Waals surface area contributed by atoms with Gasteiger partial charge in [-0.05, 0) is 12.0 Å². The second-order valence-corrected chi connectivity index (χ2v) is 4.16. The van der Waals surface area contributed by atoms with Gasteiger partial charge in [0.15, 0.2) is 0 Å². The van der Waals surface area contributed by atoms with Gasteiger partial charge in [-0.15, -0.1) is 0 Å². The Morgan fingerprint density at radius 1 is 1.44 bits per heavy atom. The van der Waals surface area contributed by atoms with Gasteiger partial charge in [0.05, 0.1) is 0 Å². The van der Waals surface area contributed by atoms with E-state index in [2.05, 4.69) is 22.3 Å². The number of carbonyl (C=O) groups is 1. The summed E-state index contributed by atoms with van der Waals surface area (Å²) < 4.78 is 0. The number of hydrogen-bond donors (Lipinski definition) is 2. The highest BCUT2D eigenvalue weighted by atomic mass is 16.4. The summed E-state index contributed by atoms with van der Waals surface area (Å²) in [6, 6.07) is 10.3. The van der Waals surface area contributed by atoms with Crippen LogP contribution in [0.3, 0.4) is 0 Å². The highest BCUT2D eigenvalue weighted by Crippen LogP contribution is 2.13. The lowest BCUT2D eigenvalue weighted by Gasteiger charge is -2.15. The molecule has 0 radical (unpaired) electrons. The van der Waals surface area contributed by atoms with Crippen LogP contribution in [0.1, 0.15) is 12.0 Å². The van der Waals surface area contributed by atoms with Crippen LogP contribution in [0.5, 0.6) is 0 Å². The molecule has 16 heavy (non-hydrogen) atoms. The van der Waals surface area contributed by atoms with Crippen molar-refractivity contribution in [1.29, 1.82) is 0 Å². The van der Waals surface area contributed by atoms with Crippen molar-refractivity contribution in [3.63, 3.8) is 0 Å². The largest absolute Gasteiger partial charge is 0.465 e.